The molecule has 0 atom stereocenters. The molecular weight excluding hydrogens is 731 g/mol. The lowest BCUT2D eigenvalue weighted by Gasteiger charge is -2.11. The third-order valence-corrected chi connectivity index (χ3v) is 10.6. The summed E-state index contributed by atoms with van der Waals surface area (Å²) < 4.78 is 0. The van der Waals surface area contributed by atoms with Crippen molar-refractivity contribution in [3.8, 4) is 101 Å². The lowest BCUT2D eigenvalue weighted by Crippen LogP contribution is -2.00. The van der Waals surface area contributed by atoms with Crippen LogP contribution in [0.3, 0.4) is 0 Å². The number of hydrogen-bond acceptors (Lipinski definition) is 5. The lowest BCUT2D eigenvalue weighted by molar-refractivity contribution is 1.07. The second-order valence-corrected chi connectivity index (χ2v) is 14.5. The van der Waals surface area contributed by atoms with Gasteiger partial charge in [-0.15, -0.1) is 0 Å². The zero-order valence-electron chi connectivity index (χ0n) is 32.6. The van der Waals surface area contributed by atoms with E-state index in [1.807, 2.05) is 84.9 Å². The molecule has 0 saturated carbocycles. The van der Waals surface area contributed by atoms with Crippen LogP contribution < -0.4 is 0 Å². The average Bonchev–Trinajstić information content (AvgIpc) is 3.35. The molecule has 0 bridgehead atoms. The standard InChI is InChI=1S/C55H37N5/c1-5-15-38(16-6-1)39-27-29-40(30-28-39)47-24-14-26-49(36-47)55-59-53(44-21-11-4-12-22-44)58-54(60-55)45-33-31-41(32-34-45)46-23-13-25-48(35-46)51-37-50(42-17-7-2-8-18-42)56-52(57-51)43-19-9-3-10-20-43/h1-37H. The van der Waals surface area contributed by atoms with Crippen LogP contribution in [0.25, 0.3) is 101 Å². The van der Waals surface area contributed by atoms with Crippen LogP contribution >= 0.6 is 0 Å². The number of hydrogen-bond donors (Lipinski definition) is 0. The van der Waals surface area contributed by atoms with Crippen LogP contribution in [0.15, 0.2) is 224 Å². The molecule has 8 aromatic carbocycles. The zero-order chi connectivity index (χ0) is 40.1. The second kappa shape index (κ2) is 16.4. The highest BCUT2D eigenvalue weighted by molar-refractivity contribution is 5.78. The van der Waals surface area contributed by atoms with Crippen molar-refractivity contribution in [2.24, 2.45) is 0 Å². The quantitative estimate of drug-likeness (QED) is 0.146. The third kappa shape index (κ3) is 7.76. The fraction of sp³-hybridized carbons (Fsp3) is 0. The first-order valence-corrected chi connectivity index (χ1v) is 20.0. The fourth-order valence-corrected chi connectivity index (χ4v) is 7.41. The predicted molar refractivity (Wildman–Crippen MR) is 244 cm³/mol. The SMILES string of the molecule is c1ccc(-c2ccc(-c3cccc(-c4nc(-c5ccccc5)nc(-c5ccc(-c6cccc(-c7cc(-c8ccccc8)nc(-c8ccccc8)n7)c6)cc5)n4)c3)cc2)cc1. The van der Waals surface area contributed by atoms with Gasteiger partial charge in [0.1, 0.15) is 0 Å². The Bertz CT molecular complexity index is 2990. The van der Waals surface area contributed by atoms with E-state index in [2.05, 4.69) is 140 Å². The molecular formula is C55H37N5. The Kier molecular flexibility index (Phi) is 9.88. The maximum atomic E-state index is 5.07. The molecule has 10 aromatic rings. The Hall–Kier alpha value is -8.15. The Morgan fingerprint density at radius 2 is 0.450 bits per heavy atom. The summed E-state index contributed by atoms with van der Waals surface area (Å²) in [7, 11) is 0. The van der Waals surface area contributed by atoms with E-state index in [0.29, 0.717) is 23.3 Å². The summed E-state index contributed by atoms with van der Waals surface area (Å²) in [5.41, 5.74) is 14.3. The minimum atomic E-state index is 0.611. The summed E-state index contributed by atoms with van der Waals surface area (Å²) in [4.78, 5) is 25.1. The highest BCUT2D eigenvalue weighted by Gasteiger charge is 2.15. The predicted octanol–water partition coefficient (Wildman–Crippen LogP) is 13.7. The highest BCUT2D eigenvalue weighted by Crippen LogP contribution is 2.33. The van der Waals surface area contributed by atoms with E-state index in [1.54, 1.807) is 0 Å². The van der Waals surface area contributed by atoms with E-state index in [1.165, 1.54) is 11.1 Å². The van der Waals surface area contributed by atoms with Crippen molar-refractivity contribution >= 4 is 0 Å². The normalized spacial score (nSPS) is 11.0. The van der Waals surface area contributed by atoms with E-state index < -0.39 is 0 Å². The maximum Gasteiger partial charge on any atom is 0.164 e. The number of rotatable bonds is 9. The van der Waals surface area contributed by atoms with Gasteiger partial charge in [0.2, 0.25) is 0 Å². The van der Waals surface area contributed by atoms with E-state index in [0.717, 1.165) is 67.0 Å². The minimum Gasteiger partial charge on any atom is -0.228 e. The van der Waals surface area contributed by atoms with Gasteiger partial charge in [0.25, 0.3) is 0 Å². The van der Waals surface area contributed by atoms with Crippen LogP contribution in [-0.4, -0.2) is 24.9 Å². The third-order valence-electron chi connectivity index (χ3n) is 10.6. The van der Waals surface area contributed by atoms with Crippen molar-refractivity contribution in [3.05, 3.63) is 224 Å². The average molecular weight is 768 g/mol. The van der Waals surface area contributed by atoms with Crippen molar-refractivity contribution in [2.75, 3.05) is 0 Å². The summed E-state index contributed by atoms with van der Waals surface area (Å²) in [6.07, 6.45) is 0. The first-order chi connectivity index (χ1) is 29.7. The lowest BCUT2D eigenvalue weighted by atomic mass is 9.99. The summed E-state index contributed by atoms with van der Waals surface area (Å²) in [6.45, 7) is 0. The number of aromatic nitrogens is 5. The van der Waals surface area contributed by atoms with Gasteiger partial charge in [-0.3, -0.25) is 0 Å². The number of benzene rings is 8. The van der Waals surface area contributed by atoms with Crippen LogP contribution in [0.5, 0.6) is 0 Å². The number of nitrogens with zero attached hydrogens (tertiary/aromatic N) is 5. The van der Waals surface area contributed by atoms with Crippen molar-refractivity contribution in [1.82, 2.24) is 24.9 Å². The molecule has 0 spiro atoms. The molecule has 5 nitrogen and oxygen atoms in total. The Morgan fingerprint density at radius 1 is 0.167 bits per heavy atom. The van der Waals surface area contributed by atoms with E-state index in [9.17, 15) is 0 Å². The van der Waals surface area contributed by atoms with E-state index in [-0.39, 0.29) is 0 Å². The first-order valence-electron chi connectivity index (χ1n) is 20.0. The van der Waals surface area contributed by atoms with Gasteiger partial charge in [0.15, 0.2) is 23.3 Å². The molecule has 0 aliphatic heterocycles. The summed E-state index contributed by atoms with van der Waals surface area (Å²) in [6, 6.07) is 77.1. The molecule has 2 heterocycles. The Balaban J connectivity index is 0.981. The van der Waals surface area contributed by atoms with E-state index >= 15 is 0 Å². The summed E-state index contributed by atoms with van der Waals surface area (Å²) in [5.74, 6) is 2.55. The second-order valence-electron chi connectivity index (χ2n) is 14.5. The largest absolute Gasteiger partial charge is 0.228 e. The molecule has 0 saturated heterocycles. The smallest absolute Gasteiger partial charge is 0.164 e. The molecule has 282 valence electrons. The van der Waals surface area contributed by atoms with Gasteiger partial charge in [0, 0.05) is 33.4 Å². The molecule has 2 aromatic heterocycles. The van der Waals surface area contributed by atoms with Gasteiger partial charge in [-0.05, 0) is 51.6 Å². The van der Waals surface area contributed by atoms with Crippen LogP contribution in [0, 0.1) is 0 Å². The van der Waals surface area contributed by atoms with Crippen molar-refractivity contribution in [2.45, 2.75) is 0 Å². The molecule has 0 amide bonds. The monoisotopic (exact) mass is 767 g/mol. The molecule has 0 N–H and O–H groups in total. The molecule has 5 heteroatoms. The van der Waals surface area contributed by atoms with Gasteiger partial charge in [-0.25, -0.2) is 24.9 Å². The molecule has 10 rings (SSSR count). The molecule has 0 unspecified atom stereocenters. The molecule has 60 heavy (non-hydrogen) atoms. The van der Waals surface area contributed by atoms with Gasteiger partial charge in [-0.2, -0.15) is 0 Å². The maximum absolute atomic E-state index is 5.07. The summed E-state index contributed by atoms with van der Waals surface area (Å²) in [5, 5.41) is 0. The molecule has 0 aliphatic rings. The van der Waals surface area contributed by atoms with Crippen molar-refractivity contribution in [1.29, 1.82) is 0 Å². The summed E-state index contributed by atoms with van der Waals surface area (Å²) >= 11 is 0. The van der Waals surface area contributed by atoms with Crippen molar-refractivity contribution in [3.63, 3.8) is 0 Å². The van der Waals surface area contributed by atoms with Gasteiger partial charge in [-0.1, -0.05) is 206 Å². The molecule has 0 fully saturated rings. The first kappa shape index (κ1) is 36.2. The van der Waals surface area contributed by atoms with Crippen LogP contribution in [-0.2, 0) is 0 Å². The van der Waals surface area contributed by atoms with Crippen LogP contribution in [0.1, 0.15) is 0 Å². The Labute approximate surface area is 349 Å². The van der Waals surface area contributed by atoms with E-state index in [4.69, 9.17) is 24.9 Å². The molecule has 0 aliphatic carbocycles. The Morgan fingerprint density at radius 3 is 0.950 bits per heavy atom. The van der Waals surface area contributed by atoms with Gasteiger partial charge in [0.05, 0.1) is 11.4 Å². The topological polar surface area (TPSA) is 64.5 Å². The highest BCUT2D eigenvalue weighted by atomic mass is 15.0. The van der Waals surface area contributed by atoms with Gasteiger partial charge >= 0.3 is 0 Å². The molecule has 0 radical (unpaired) electrons. The fourth-order valence-electron chi connectivity index (χ4n) is 7.41. The van der Waals surface area contributed by atoms with Gasteiger partial charge < -0.3 is 0 Å². The van der Waals surface area contributed by atoms with Crippen molar-refractivity contribution < 1.29 is 0 Å². The van der Waals surface area contributed by atoms with Crippen LogP contribution in [0.4, 0.5) is 0 Å². The van der Waals surface area contributed by atoms with Crippen LogP contribution in [0.2, 0.25) is 0 Å². The zero-order valence-corrected chi connectivity index (χ0v) is 32.6. The minimum absolute atomic E-state index is 0.611.